The maximum absolute atomic E-state index is 13.5. The first kappa shape index (κ1) is 22.9. The molecule has 2 heterocycles. The Kier molecular flexibility index (Phi) is 6.72. The number of piperidine rings is 1. The van der Waals surface area contributed by atoms with E-state index in [9.17, 15) is 9.90 Å². The van der Waals surface area contributed by atoms with Crippen LogP contribution >= 0.6 is 0 Å². The predicted octanol–water partition coefficient (Wildman–Crippen LogP) is 4.98. The van der Waals surface area contributed by atoms with Gasteiger partial charge in [0.2, 0.25) is 5.91 Å². The smallest absolute Gasteiger partial charge is 0.223 e. The summed E-state index contributed by atoms with van der Waals surface area (Å²) in [6.45, 7) is 5.90. The third-order valence-corrected chi connectivity index (χ3v) is 6.48. The fraction of sp³-hybridized carbons (Fsp3) is 0.407. The minimum absolute atomic E-state index is 0.0272. The van der Waals surface area contributed by atoms with Gasteiger partial charge in [0.25, 0.3) is 0 Å². The number of phenols is 1. The molecule has 1 aliphatic heterocycles. The van der Waals surface area contributed by atoms with Gasteiger partial charge in [0.05, 0.1) is 19.7 Å². The molecule has 1 fully saturated rings. The maximum atomic E-state index is 13.5. The summed E-state index contributed by atoms with van der Waals surface area (Å²) in [5.41, 5.74) is 2.12. The topological polar surface area (TPSA) is 71.9 Å². The van der Waals surface area contributed by atoms with Gasteiger partial charge in [-0.25, -0.2) is 0 Å². The minimum Gasteiger partial charge on any atom is -0.507 e. The van der Waals surface area contributed by atoms with Crippen molar-refractivity contribution in [2.24, 2.45) is 11.8 Å². The Morgan fingerprint density at radius 1 is 1.09 bits per heavy atom. The Bertz CT molecular complexity index is 1140. The standard InChI is InChI=1S/C27H32N2O4/c1-17-11-18(2)16-29(15-17)26(31)14-21(23-10-9-19-7-5-6-8-22(19)28-23)27-24(30)12-20(32-3)13-25(27)33-4/h5-10,12-13,17-18,21,30H,11,14-16H2,1-4H3/t17-,18?,21-/m1/s1. The molecule has 0 saturated carbocycles. The average Bonchev–Trinajstić information content (AvgIpc) is 2.81. The van der Waals surface area contributed by atoms with Crippen LogP contribution in [-0.2, 0) is 4.79 Å². The second-order valence-corrected chi connectivity index (χ2v) is 9.19. The molecule has 1 aliphatic rings. The van der Waals surface area contributed by atoms with Gasteiger partial charge < -0.3 is 19.5 Å². The van der Waals surface area contributed by atoms with E-state index in [2.05, 4.69) is 13.8 Å². The lowest BCUT2D eigenvalue weighted by atomic mass is 9.87. The van der Waals surface area contributed by atoms with Crippen LogP contribution in [0.3, 0.4) is 0 Å². The molecular formula is C27H32N2O4. The van der Waals surface area contributed by atoms with Crippen molar-refractivity contribution < 1.29 is 19.4 Å². The fourth-order valence-corrected chi connectivity index (χ4v) is 5.02. The molecule has 1 amide bonds. The molecule has 174 valence electrons. The molecular weight excluding hydrogens is 416 g/mol. The zero-order valence-corrected chi connectivity index (χ0v) is 19.7. The SMILES string of the molecule is COc1cc(O)c([C@H](CC(=O)N2CC(C)C[C@@H](C)C2)c2ccc3ccccc3n2)c(OC)c1. The monoisotopic (exact) mass is 448 g/mol. The Morgan fingerprint density at radius 3 is 2.52 bits per heavy atom. The van der Waals surface area contributed by atoms with Crippen LogP contribution in [-0.4, -0.2) is 48.2 Å². The molecule has 1 N–H and O–H groups in total. The maximum Gasteiger partial charge on any atom is 0.223 e. The molecule has 0 spiro atoms. The van der Waals surface area contributed by atoms with Crippen LogP contribution in [0.15, 0.2) is 48.5 Å². The van der Waals surface area contributed by atoms with Crippen LogP contribution in [0.25, 0.3) is 10.9 Å². The van der Waals surface area contributed by atoms with Crippen LogP contribution in [0.4, 0.5) is 0 Å². The van der Waals surface area contributed by atoms with Gasteiger partial charge in [-0.3, -0.25) is 9.78 Å². The number of hydrogen-bond donors (Lipinski definition) is 1. The van der Waals surface area contributed by atoms with Gasteiger partial charge in [-0.05, 0) is 30.4 Å². The van der Waals surface area contributed by atoms with Gasteiger partial charge in [0.15, 0.2) is 0 Å². The van der Waals surface area contributed by atoms with Crippen molar-refractivity contribution in [3.8, 4) is 17.2 Å². The normalized spacial score (nSPS) is 19.3. The van der Waals surface area contributed by atoms with Crippen molar-refractivity contribution in [2.75, 3.05) is 27.3 Å². The molecule has 0 radical (unpaired) electrons. The highest BCUT2D eigenvalue weighted by Crippen LogP contribution is 2.43. The Balaban J connectivity index is 1.78. The zero-order chi connectivity index (χ0) is 23.5. The van der Waals surface area contributed by atoms with Gasteiger partial charge in [0.1, 0.15) is 17.2 Å². The summed E-state index contributed by atoms with van der Waals surface area (Å²) in [5.74, 6) is 1.53. The lowest BCUT2D eigenvalue weighted by molar-refractivity contribution is -0.134. The number of methoxy groups -OCH3 is 2. The number of carbonyl (C=O) groups is 1. The summed E-state index contributed by atoms with van der Waals surface area (Å²) in [7, 11) is 3.09. The zero-order valence-electron chi connectivity index (χ0n) is 19.7. The summed E-state index contributed by atoms with van der Waals surface area (Å²) in [5, 5.41) is 12.0. The van der Waals surface area contributed by atoms with Gasteiger partial charge in [0, 0.05) is 54.2 Å². The van der Waals surface area contributed by atoms with E-state index in [1.54, 1.807) is 26.4 Å². The van der Waals surface area contributed by atoms with Crippen molar-refractivity contribution in [2.45, 2.75) is 32.6 Å². The summed E-state index contributed by atoms with van der Waals surface area (Å²) >= 11 is 0. The van der Waals surface area contributed by atoms with E-state index >= 15 is 0 Å². The molecule has 3 aromatic rings. The number of fused-ring (bicyclic) bond motifs is 1. The van der Waals surface area contributed by atoms with Crippen LogP contribution < -0.4 is 9.47 Å². The van der Waals surface area contributed by atoms with E-state index in [1.807, 2.05) is 41.3 Å². The van der Waals surface area contributed by atoms with E-state index in [1.165, 1.54) is 0 Å². The van der Waals surface area contributed by atoms with Gasteiger partial charge >= 0.3 is 0 Å². The lowest BCUT2D eigenvalue weighted by Crippen LogP contribution is -2.43. The average molecular weight is 449 g/mol. The number of likely N-dealkylation sites (tertiary alicyclic amines) is 1. The van der Waals surface area contributed by atoms with Crippen LogP contribution in [0.1, 0.15) is 43.9 Å². The number of ether oxygens (including phenoxy) is 2. The number of amides is 1. The molecule has 6 heteroatoms. The Morgan fingerprint density at radius 2 is 1.82 bits per heavy atom. The van der Waals surface area contributed by atoms with Crippen LogP contribution in [0, 0.1) is 11.8 Å². The molecule has 1 saturated heterocycles. The van der Waals surface area contributed by atoms with Gasteiger partial charge in [-0.15, -0.1) is 0 Å². The summed E-state index contributed by atoms with van der Waals surface area (Å²) in [4.78, 5) is 20.3. The first-order valence-corrected chi connectivity index (χ1v) is 11.5. The van der Waals surface area contributed by atoms with E-state index in [4.69, 9.17) is 14.5 Å². The van der Waals surface area contributed by atoms with Crippen molar-refractivity contribution >= 4 is 16.8 Å². The number of para-hydroxylation sites is 1. The van der Waals surface area contributed by atoms with Crippen molar-refractivity contribution in [1.82, 2.24) is 9.88 Å². The first-order valence-electron chi connectivity index (χ1n) is 11.5. The highest BCUT2D eigenvalue weighted by Gasteiger charge is 2.31. The van der Waals surface area contributed by atoms with Gasteiger partial charge in [-0.2, -0.15) is 0 Å². The number of carbonyl (C=O) groups excluding carboxylic acids is 1. The number of phenolic OH excluding ortho intramolecular Hbond substituents is 1. The van der Waals surface area contributed by atoms with Crippen LogP contribution in [0.5, 0.6) is 17.2 Å². The van der Waals surface area contributed by atoms with Crippen LogP contribution in [0.2, 0.25) is 0 Å². The quantitative estimate of drug-likeness (QED) is 0.576. The number of hydrogen-bond acceptors (Lipinski definition) is 5. The highest BCUT2D eigenvalue weighted by molar-refractivity contribution is 5.80. The van der Waals surface area contributed by atoms with Crippen molar-refractivity contribution in [3.05, 3.63) is 59.8 Å². The lowest BCUT2D eigenvalue weighted by Gasteiger charge is -2.36. The number of aromatic nitrogens is 1. The number of aromatic hydroxyl groups is 1. The van der Waals surface area contributed by atoms with E-state index in [0.29, 0.717) is 28.9 Å². The number of benzene rings is 2. The molecule has 6 nitrogen and oxygen atoms in total. The Hall–Kier alpha value is -3.28. The second kappa shape index (κ2) is 9.69. The second-order valence-electron chi connectivity index (χ2n) is 9.19. The molecule has 4 rings (SSSR count). The van der Waals surface area contributed by atoms with Gasteiger partial charge in [-0.1, -0.05) is 38.1 Å². The number of pyridine rings is 1. The minimum atomic E-state index is -0.462. The van der Waals surface area contributed by atoms with Crippen molar-refractivity contribution in [1.29, 1.82) is 0 Å². The van der Waals surface area contributed by atoms with E-state index in [-0.39, 0.29) is 18.1 Å². The molecule has 2 aromatic carbocycles. The number of rotatable bonds is 6. The van der Waals surface area contributed by atoms with Crippen molar-refractivity contribution in [3.63, 3.8) is 0 Å². The predicted molar refractivity (Wildman–Crippen MR) is 129 cm³/mol. The number of nitrogens with zero attached hydrogens (tertiary/aromatic N) is 2. The third-order valence-electron chi connectivity index (χ3n) is 6.48. The molecule has 1 aromatic heterocycles. The highest BCUT2D eigenvalue weighted by atomic mass is 16.5. The summed E-state index contributed by atoms with van der Waals surface area (Å²) in [6.07, 6.45) is 1.33. The molecule has 33 heavy (non-hydrogen) atoms. The van der Waals surface area contributed by atoms with E-state index in [0.717, 1.165) is 36.1 Å². The molecule has 0 aliphatic carbocycles. The molecule has 1 unspecified atom stereocenters. The summed E-state index contributed by atoms with van der Waals surface area (Å²) in [6, 6.07) is 15.1. The molecule has 3 atom stereocenters. The Labute approximate surface area is 195 Å². The fourth-order valence-electron chi connectivity index (χ4n) is 5.02. The van der Waals surface area contributed by atoms with E-state index < -0.39 is 5.92 Å². The first-order chi connectivity index (χ1) is 15.9. The molecule has 0 bridgehead atoms. The summed E-state index contributed by atoms with van der Waals surface area (Å²) < 4.78 is 10.9. The largest absolute Gasteiger partial charge is 0.507 e. The third kappa shape index (κ3) is 4.90.